The summed E-state index contributed by atoms with van der Waals surface area (Å²) in [6, 6.07) is 1.72. The van der Waals surface area contributed by atoms with Gasteiger partial charge in [-0.25, -0.2) is 13.0 Å². The smallest absolute Gasteiger partial charge is 0.243 e. The quantitative estimate of drug-likeness (QED) is 0.832. The Kier molecular flexibility index (Phi) is 4.45. The number of nitrogens with zero attached hydrogens (tertiary/aromatic N) is 2. The van der Waals surface area contributed by atoms with E-state index in [-0.39, 0.29) is 21.0 Å². The van der Waals surface area contributed by atoms with Crippen molar-refractivity contribution in [3.63, 3.8) is 0 Å². The maximum Gasteiger partial charge on any atom is 0.243 e. The van der Waals surface area contributed by atoms with Gasteiger partial charge in [0.15, 0.2) is 11.0 Å². The molecule has 1 amide bonds. The molecule has 1 aromatic carbocycles. The summed E-state index contributed by atoms with van der Waals surface area (Å²) in [5, 5.41) is 9.84. The molecule has 0 saturated heterocycles. The molecule has 2 rings (SSSR count). The van der Waals surface area contributed by atoms with Crippen LogP contribution in [0, 0.1) is 0 Å². The molecule has 1 aromatic heterocycles. The van der Waals surface area contributed by atoms with Crippen LogP contribution >= 0.6 is 11.6 Å². The fourth-order valence-corrected chi connectivity index (χ4v) is 3.23. The summed E-state index contributed by atoms with van der Waals surface area (Å²) in [6.45, 7) is 3.59. The molecule has 0 fully saturated rings. The number of sulfonamides is 1. The first kappa shape index (κ1) is 15.7. The van der Waals surface area contributed by atoms with Crippen molar-refractivity contribution in [3.05, 3.63) is 17.2 Å². The Bertz CT molecular complexity index is 774. The van der Waals surface area contributed by atoms with Gasteiger partial charge in [0.2, 0.25) is 15.9 Å². The molecule has 8 nitrogen and oxygen atoms in total. The van der Waals surface area contributed by atoms with Crippen LogP contribution in [0.2, 0.25) is 5.02 Å². The average molecular weight is 333 g/mol. The average Bonchev–Trinajstić information content (AvgIpc) is 2.88. The van der Waals surface area contributed by atoms with E-state index in [2.05, 4.69) is 25.0 Å². The molecule has 1 atom stereocenters. The number of fused-ring (bicyclic) bond motifs is 1. The second kappa shape index (κ2) is 5.96. The maximum absolute atomic E-state index is 12.3. The fraction of sp³-hybridized carbons (Fsp3) is 0.364. The normalized spacial score (nSPS) is 13.3. The van der Waals surface area contributed by atoms with E-state index in [1.807, 2.05) is 0 Å². The molecule has 114 valence electrons. The molecule has 0 bridgehead atoms. The van der Waals surface area contributed by atoms with Crippen molar-refractivity contribution in [2.45, 2.75) is 24.8 Å². The number of halogens is 1. The minimum absolute atomic E-state index is 0.0121. The summed E-state index contributed by atoms with van der Waals surface area (Å²) in [7, 11) is -3.97. The Morgan fingerprint density at radius 2 is 2.05 bits per heavy atom. The van der Waals surface area contributed by atoms with E-state index in [1.165, 1.54) is 19.1 Å². The second-order valence-electron chi connectivity index (χ2n) is 4.24. The van der Waals surface area contributed by atoms with E-state index in [0.29, 0.717) is 6.54 Å². The van der Waals surface area contributed by atoms with Crippen LogP contribution in [0.5, 0.6) is 0 Å². The highest BCUT2D eigenvalue weighted by molar-refractivity contribution is 7.89. The lowest BCUT2D eigenvalue weighted by Crippen LogP contribution is -2.44. The van der Waals surface area contributed by atoms with Crippen LogP contribution in [0.15, 0.2) is 21.7 Å². The molecule has 0 aliphatic rings. The van der Waals surface area contributed by atoms with Gasteiger partial charge in [0, 0.05) is 6.54 Å². The molecule has 2 N–H and O–H groups in total. The van der Waals surface area contributed by atoms with Crippen LogP contribution in [-0.4, -0.2) is 37.2 Å². The van der Waals surface area contributed by atoms with Gasteiger partial charge in [0.25, 0.3) is 0 Å². The number of amides is 1. The van der Waals surface area contributed by atoms with Gasteiger partial charge in [0.1, 0.15) is 4.90 Å². The lowest BCUT2D eigenvalue weighted by atomic mass is 10.3. The Morgan fingerprint density at radius 1 is 1.38 bits per heavy atom. The molecular formula is C11H13ClN4O4S. The van der Waals surface area contributed by atoms with Crippen LogP contribution < -0.4 is 10.0 Å². The summed E-state index contributed by atoms with van der Waals surface area (Å²) in [4.78, 5) is 11.5. The van der Waals surface area contributed by atoms with Crippen LogP contribution in [0.4, 0.5) is 0 Å². The van der Waals surface area contributed by atoms with Crippen molar-refractivity contribution < 1.29 is 17.8 Å². The zero-order valence-electron chi connectivity index (χ0n) is 11.3. The fourth-order valence-electron chi connectivity index (χ4n) is 1.71. The third-order valence-electron chi connectivity index (χ3n) is 2.69. The molecule has 0 saturated carbocycles. The standard InChI is InChI=1S/C11H13ClN4O4S/c1-3-13-11(17)6(2)16-21(18,19)8-5-4-7(12)9-10(8)15-20-14-9/h4-6,16H,3H2,1-2H3,(H,13,17). The van der Waals surface area contributed by atoms with E-state index in [1.54, 1.807) is 6.92 Å². The Hall–Kier alpha value is -1.71. The van der Waals surface area contributed by atoms with Crippen LogP contribution in [0.25, 0.3) is 11.0 Å². The Balaban J connectivity index is 2.37. The van der Waals surface area contributed by atoms with Gasteiger partial charge in [-0.15, -0.1) is 0 Å². The molecule has 0 aliphatic heterocycles. The van der Waals surface area contributed by atoms with Gasteiger partial charge in [-0.2, -0.15) is 4.72 Å². The summed E-state index contributed by atoms with van der Waals surface area (Å²) < 4.78 is 31.4. The third kappa shape index (κ3) is 3.14. The lowest BCUT2D eigenvalue weighted by molar-refractivity contribution is -0.122. The highest BCUT2D eigenvalue weighted by Gasteiger charge is 2.26. The summed E-state index contributed by atoms with van der Waals surface area (Å²) in [5.74, 6) is -0.426. The van der Waals surface area contributed by atoms with E-state index >= 15 is 0 Å². The zero-order valence-corrected chi connectivity index (χ0v) is 12.8. The Morgan fingerprint density at radius 3 is 2.71 bits per heavy atom. The number of hydrogen-bond acceptors (Lipinski definition) is 6. The first-order chi connectivity index (χ1) is 9.86. The van der Waals surface area contributed by atoms with Crippen molar-refractivity contribution in [2.75, 3.05) is 6.54 Å². The molecule has 21 heavy (non-hydrogen) atoms. The van der Waals surface area contributed by atoms with Crippen LogP contribution in [0.1, 0.15) is 13.8 Å². The Labute approximate surface area is 125 Å². The zero-order chi connectivity index (χ0) is 15.6. The first-order valence-corrected chi connectivity index (χ1v) is 7.93. The molecule has 2 aromatic rings. The van der Waals surface area contributed by atoms with Gasteiger partial charge in [0.05, 0.1) is 11.1 Å². The largest absolute Gasteiger partial charge is 0.355 e. The van der Waals surface area contributed by atoms with Gasteiger partial charge < -0.3 is 5.32 Å². The number of rotatable bonds is 5. The summed E-state index contributed by atoms with van der Waals surface area (Å²) in [6.07, 6.45) is 0. The molecule has 1 heterocycles. The SMILES string of the molecule is CCNC(=O)C(C)NS(=O)(=O)c1ccc(Cl)c2nonc12. The number of benzene rings is 1. The monoisotopic (exact) mass is 332 g/mol. The van der Waals surface area contributed by atoms with Crippen molar-refractivity contribution in [3.8, 4) is 0 Å². The lowest BCUT2D eigenvalue weighted by Gasteiger charge is -2.13. The summed E-state index contributed by atoms with van der Waals surface area (Å²) in [5.41, 5.74) is 0.156. The highest BCUT2D eigenvalue weighted by Crippen LogP contribution is 2.26. The molecule has 1 unspecified atom stereocenters. The number of nitrogens with one attached hydrogen (secondary N) is 2. The molecule has 0 aliphatic carbocycles. The molecular weight excluding hydrogens is 320 g/mol. The second-order valence-corrected chi connectivity index (χ2v) is 6.33. The van der Waals surface area contributed by atoms with Crippen molar-refractivity contribution in [1.82, 2.24) is 20.4 Å². The van der Waals surface area contributed by atoms with E-state index in [9.17, 15) is 13.2 Å². The minimum atomic E-state index is -3.97. The molecule has 0 spiro atoms. The highest BCUT2D eigenvalue weighted by atomic mass is 35.5. The van der Waals surface area contributed by atoms with Crippen molar-refractivity contribution in [2.24, 2.45) is 0 Å². The minimum Gasteiger partial charge on any atom is -0.355 e. The van der Waals surface area contributed by atoms with Gasteiger partial charge in [-0.05, 0) is 36.3 Å². The number of aromatic nitrogens is 2. The summed E-state index contributed by atoms with van der Waals surface area (Å²) >= 11 is 5.88. The van der Waals surface area contributed by atoms with Crippen molar-refractivity contribution in [1.29, 1.82) is 0 Å². The third-order valence-corrected chi connectivity index (χ3v) is 4.57. The number of hydrogen-bond donors (Lipinski definition) is 2. The predicted octanol–water partition coefficient (Wildman–Crippen LogP) is 0.679. The first-order valence-electron chi connectivity index (χ1n) is 6.07. The predicted molar refractivity (Wildman–Crippen MR) is 75.3 cm³/mol. The van der Waals surface area contributed by atoms with E-state index in [0.717, 1.165) is 0 Å². The van der Waals surface area contributed by atoms with Crippen LogP contribution in [0.3, 0.4) is 0 Å². The topological polar surface area (TPSA) is 114 Å². The number of likely N-dealkylation sites (N-methyl/N-ethyl adjacent to an activating group) is 1. The molecule has 0 radical (unpaired) electrons. The van der Waals surface area contributed by atoms with Crippen LogP contribution in [-0.2, 0) is 14.8 Å². The number of carbonyl (C=O) groups is 1. The molecule has 10 heteroatoms. The van der Waals surface area contributed by atoms with E-state index in [4.69, 9.17) is 11.6 Å². The van der Waals surface area contributed by atoms with Gasteiger partial charge >= 0.3 is 0 Å². The van der Waals surface area contributed by atoms with E-state index < -0.39 is 22.0 Å². The van der Waals surface area contributed by atoms with Gasteiger partial charge in [-0.3, -0.25) is 4.79 Å². The van der Waals surface area contributed by atoms with Gasteiger partial charge in [-0.1, -0.05) is 11.6 Å². The number of carbonyl (C=O) groups excluding carboxylic acids is 1. The van der Waals surface area contributed by atoms with Crippen molar-refractivity contribution >= 4 is 38.6 Å². The maximum atomic E-state index is 12.3.